The minimum atomic E-state index is -3.91. The van der Waals surface area contributed by atoms with Crippen molar-refractivity contribution in [2.75, 3.05) is 44.3 Å². The second-order valence-electron chi connectivity index (χ2n) is 8.53. The SMILES string of the molecule is NS(=O)(=O)c1ccc(N2C(=O)CC(N(CCN3CCOCC3)C(=O)Cc3ccccc3)C2=O)cc1. The van der Waals surface area contributed by atoms with Gasteiger partial charge in [0.15, 0.2) is 0 Å². The Balaban J connectivity index is 1.55. The highest BCUT2D eigenvalue weighted by atomic mass is 32.2. The van der Waals surface area contributed by atoms with Crippen LogP contribution in [0.25, 0.3) is 0 Å². The molecule has 2 aliphatic heterocycles. The summed E-state index contributed by atoms with van der Waals surface area (Å²) in [5.41, 5.74) is 1.06. The van der Waals surface area contributed by atoms with Gasteiger partial charge in [0.1, 0.15) is 6.04 Å². The first-order valence-electron chi connectivity index (χ1n) is 11.4. The summed E-state index contributed by atoms with van der Waals surface area (Å²) in [5.74, 6) is -1.20. The number of primary sulfonamides is 1. The molecule has 1 atom stereocenters. The normalized spacial score (nSPS) is 19.2. The predicted molar refractivity (Wildman–Crippen MR) is 128 cm³/mol. The van der Waals surface area contributed by atoms with Crippen molar-refractivity contribution in [3.63, 3.8) is 0 Å². The summed E-state index contributed by atoms with van der Waals surface area (Å²) in [5, 5.41) is 5.14. The number of carbonyl (C=O) groups is 3. The third-order valence-corrected chi connectivity index (χ3v) is 7.13. The largest absolute Gasteiger partial charge is 0.379 e. The quantitative estimate of drug-likeness (QED) is 0.518. The molecular formula is C24H28N4O6S. The van der Waals surface area contributed by atoms with Gasteiger partial charge in [0.25, 0.3) is 5.91 Å². The molecule has 2 saturated heterocycles. The van der Waals surface area contributed by atoms with E-state index in [1.807, 2.05) is 30.3 Å². The lowest BCUT2D eigenvalue weighted by molar-refractivity contribution is -0.138. The fraction of sp³-hybridized carbons (Fsp3) is 0.375. The molecule has 0 saturated carbocycles. The minimum Gasteiger partial charge on any atom is -0.379 e. The highest BCUT2D eigenvalue weighted by molar-refractivity contribution is 7.89. The summed E-state index contributed by atoms with van der Waals surface area (Å²) in [6.45, 7) is 3.56. The molecule has 2 aromatic rings. The molecule has 4 rings (SSSR count). The molecule has 0 aromatic heterocycles. The number of carbonyl (C=O) groups excluding carboxylic acids is 3. The maximum atomic E-state index is 13.4. The van der Waals surface area contributed by atoms with E-state index in [-0.39, 0.29) is 29.3 Å². The molecular weight excluding hydrogens is 472 g/mol. The zero-order chi connectivity index (χ0) is 25.0. The van der Waals surface area contributed by atoms with Crippen molar-refractivity contribution >= 4 is 33.4 Å². The van der Waals surface area contributed by atoms with Crippen molar-refractivity contribution in [3.8, 4) is 0 Å². The lowest BCUT2D eigenvalue weighted by Gasteiger charge is -2.32. The van der Waals surface area contributed by atoms with Gasteiger partial charge >= 0.3 is 0 Å². The Morgan fingerprint density at radius 1 is 1.03 bits per heavy atom. The van der Waals surface area contributed by atoms with E-state index in [2.05, 4.69) is 4.90 Å². The maximum absolute atomic E-state index is 13.4. The highest BCUT2D eigenvalue weighted by Gasteiger charge is 2.44. The Morgan fingerprint density at radius 2 is 1.69 bits per heavy atom. The van der Waals surface area contributed by atoms with Crippen LogP contribution in [-0.4, -0.2) is 81.4 Å². The lowest BCUT2D eigenvalue weighted by Crippen LogP contribution is -2.50. The van der Waals surface area contributed by atoms with E-state index in [9.17, 15) is 22.8 Å². The molecule has 2 N–H and O–H groups in total. The first-order valence-corrected chi connectivity index (χ1v) is 12.9. The van der Waals surface area contributed by atoms with E-state index in [0.717, 1.165) is 23.6 Å². The highest BCUT2D eigenvalue weighted by Crippen LogP contribution is 2.27. The van der Waals surface area contributed by atoms with Crippen LogP contribution in [0.1, 0.15) is 12.0 Å². The zero-order valence-corrected chi connectivity index (χ0v) is 20.0. The van der Waals surface area contributed by atoms with Gasteiger partial charge < -0.3 is 9.64 Å². The molecule has 186 valence electrons. The van der Waals surface area contributed by atoms with Crippen LogP contribution in [-0.2, 0) is 35.6 Å². The third kappa shape index (κ3) is 5.93. The van der Waals surface area contributed by atoms with E-state index in [4.69, 9.17) is 9.88 Å². The van der Waals surface area contributed by atoms with E-state index in [1.165, 1.54) is 29.2 Å². The number of hydrogen-bond acceptors (Lipinski definition) is 7. The standard InChI is InChI=1S/C24H28N4O6S/c25-35(32,33)20-8-6-19(7-9-20)28-23(30)17-21(24(28)31)27(11-10-26-12-14-34-15-13-26)22(29)16-18-4-2-1-3-5-18/h1-9,21H,10-17H2,(H2,25,32,33). The number of ether oxygens (including phenoxy) is 1. The van der Waals surface area contributed by atoms with Crippen LogP contribution in [0.15, 0.2) is 59.5 Å². The second kappa shape index (κ2) is 10.6. The zero-order valence-electron chi connectivity index (χ0n) is 19.2. The number of nitrogens with two attached hydrogens (primary N) is 1. The Hall–Kier alpha value is -3.12. The molecule has 10 nitrogen and oxygen atoms in total. The van der Waals surface area contributed by atoms with E-state index < -0.39 is 27.9 Å². The van der Waals surface area contributed by atoms with Gasteiger partial charge in [-0.15, -0.1) is 0 Å². The van der Waals surface area contributed by atoms with Gasteiger partial charge in [-0.05, 0) is 29.8 Å². The number of amides is 3. The van der Waals surface area contributed by atoms with Crippen LogP contribution >= 0.6 is 0 Å². The molecule has 3 amide bonds. The van der Waals surface area contributed by atoms with E-state index >= 15 is 0 Å². The number of anilines is 1. The predicted octanol–water partition coefficient (Wildman–Crippen LogP) is 0.369. The molecule has 0 spiro atoms. The van der Waals surface area contributed by atoms with Gasteiger partial charge in [-0.1, -0.05) is 30.3 Å². The summed E-state index contributed by atoms with van der Waals surface area (Å²) in [7, 11) is -3.91. The molecule has 2 aromatic carbocycles. The number of rotatable bonds is 8. The molecule has 1 unspecified atom stereocenters. The smallest absolute Gasteiger partial charge is 0.257 e. The van der Waals surface area contributed by atoms with Crippen LogP contribution in [0.4, 0.5) is 5.69 Å². The van der Waals surface area contributed by atoms with Gasteiger partial charge in [0.05, 0.1) is 36.6 Å². The maximum Gasteiger partial charge on any atom is 0.257 e. The number of morpholine rings is 1. The van der Waals surface area contributed by atoms with Crippen molar-refractivity contribution < 1.29 is 27.5 Å². The van der Waals surface area contributed by atoms with Gasteiger partial charge in [0.2, 0.25) is 21.8 Å². The number of benzene rings is 2. The summed E-state index contributed by atoms with van der Waals surface area (Å²) in [4.78, 5) is 44.1. The van der Waals surface area contributed by atoms with Crippen LogP contribution < -0.4 is 10.0 Å². The molecule has 2 heterocycles. The van der Waals surface area contributed by atoms with Crippen molar-refractivity contribution in [1.82, 2.24) is 9.80 Å². The van der Waals surface area contributed by atoms with E-state index in [0.29, 0.717) is 26.3 Å². The van der Waals surface area contributed by atoms with Gasteiger partial charge in [-0.2, -0.15) is 0 Å². The molecule has 0 aliphatic carbocycles. The van der Waals surface area contributed by atoms with Crippen molar-refractivity contribution in [2.45, 2.75) is 23.8 Å². The first-order chi connectivity index (χ1) is 16.7. The van der Waals surface area contributed by atoms with E-state index in [1.54, 1.807) is 0 Å². The first kappa shape index (κ1) is 25.0. The number of hydrogen-bond donors (Lipinski definition) is 1. The monoisotopic (exact) mass is 500 g/mol. The van der Waals surface area contributed by atoms with Crippen molar-refractivity contribution in [1.29, 1.82) is 0 Å². The van der Waals surface area contributed by atoms with Crippen LogP contribution in [0.2, 0.25) is 0 Å². The lowest BCUT2D eigenvalue weighted by atomic mass is 10.1. The average molecular weight is 501 g/mol. The minimum absolute atomic E-state index is 0.116. The summed E-state index contributed by atoms with van der Waals surface area (Å²) >= 11 is 0. The van der Waals surface area contributed by atoms with Crippen molar-refractivity contribution in [3.05, 3.63) is 60.2 Å². The second-order valence-corrected chi connectivity index (χ2v) is 10.1. The molecule has 11 heteroatoms. The van der Waals surface area contributed by atoms with Crippen LogP contribution in [0.5, 0.6) is 0 Å². The van der Waals surface area contributed by atoms with Gasteiger partial charge in [-0.3, -0.25) is 19.3 Å². The molecule has 35 heavy (non-hydrogen) atoms. The average Bonchev–Trinajstić information content (AvgIpc) is 3.13. The number of imide groups is 1. The summed E-state index contributed by atoms with van der Waals surface area (Å²) in [6, 6.07) is 13.5. The Kier molecular flexibility index (Phi) is 7.60. The Bertz CT molecular complexity index is 1180. The fourth-order valence-electron chi connectivity index (χ4n) is 4.32. The Labute approximate surface area is 204 Å². The molecule has 2 aliphatic rings. The van der Waals surface area contributed by atoms with Gasteiger partial charge in [0, 0.05) is 26.2 Å². The van der Waals surface area contributed by atoms with Crippen LogP contribution in [0.3, 0.4) is 0 Å². The van der Waals surface area contributed by atoms with Crippen molar-refractivity contribution in [2.24, 2.45) is 5.14 Å². The third-order valence-electron chi connectivity index (χ3n) is 6.20. The molecule has 2 fully saturated rings. The van der Waals surface area contributed by atoms with Gasteiger partial charge in [-0.25, -0.2) is 18.5 Å². The topological polar surface area (TPSA) is 130 Å². The number of nitrogens with zero attached hydrogens (tertiary/aromatic N) is 3. The number of sulfonamides is 1. The summed E-state index contributed by atoms with van der Waals surface area (Å²) in [6.07, 6.45) is -0.0234. The summed E-state index contributed by atoms with van der Waals surface area (Å²) < 4.78 is 28.5. The molecule has 0 radical (unpaired) electrons. The Morgan fingerprint density at radius 3 is 2.31 bits per heavy atom. The van der Waals surface area contributed by atoms with Crippen LogP contribution in [0, 0.1) is 0 Å². The fourth-order valence-corrected chi connectivity index (χ4v) is 4.83. The molecule has 0 bridgehead atoms.